The fourth-order valence-corrected chi connectivity index (χ4v) is 1.24. The molecule has 0 aliphatic carbocycles. The Balaban J connectivity index is 2.31. The Labute approximate surface area is 81.5 Å². The molecule has 0 atom stereocenters. The number of Topliss-reactive ketones (excluding diaryl/α,β-unsaturated/α-hetero) is 1. The number of carbonyl (C=O) groups excluding carboxylic acids is 1. The highest BCUT2D eigenvalue weighted by molar-refractivity contribution is 5.78. The maximum atomic E-state index is 11.2. The predicted molar refractivity (Wildman–Crippen MR) is 52.8 cm³/mol. The molecular formula is C10H11N3O. The van der Waals surface area contributed by atoms with Gasteiger partial charge in [-0.3, -0.25) is 4.79 Å². The number of benzene rings is 1. The molecule has 0 amide bonds. The van der Waals surface area contributed by atoms with Gasteiger partial charge in [0.2, 0.25) is 0 Å². The first-order valence-corrected chi connectivity index (χ1v) is 4.61. The van der Waals surface area contributed by atoms with Gasteiger partial charge in [-0.15, -0.1) is 0 Å². The van der Waals surface area contributed by atoms with Gasteiger partial charge in [0.15, 0.2) is 5.78 Å². The van der Waals surface area contributed by atoms with E-state index in [1.165, 1.54) is 4.80 Å². The lowest BCUT2D eigenvalue weighted by Crippen LogP contribution is -2.11. The third kappa shape index (κ3) is 1.64. The smallest absolute Gasteiger partial charge is 0.155 e. The number of aromatic nitrogens is 3. The van der Waals surface area contributed by atoms with Crippen molar-refractivity contribution in [1.82, 2.24) is 15.0 Å². The zero-order valence-corrected chi connectivity index (χ0v) is 7.97. The molecule has 2 aromatic rings. The van der Waals surface area contributed by atoms with Gasteiger partial charge in [-0.05, 0) is 12.1 Å². The summed E-state index contributed by atoms with van der Waals surface area (Å²) in [5.74, 6) is 0.144. The SMILES string of the molecule is CCC(=O)Cn1nc2ccccc2n1. The molecule has 0 saturated heterocycles. The van der Waals surface area contributed by atoms with E-state index in [2.05, 4.69) is 10.2 Å². The molecule has 72 valence electrons. The Kier molecular flexibility index (Phi) is 2.26. The average molecular weight is 189 g/mol. The summed E-state index contributed by atoms with van der Waals surface area (Å²) in [6, 6.07) is 7.58. The minimum Gasteiger partial charge on any atom is -0.298 e. The summed E-state index contributed by atoms with van der Waals surface area (Å²) in [4.78, 5) is 12.6. The van der Waals surface area contributed by atoms with Gasteiger partial charge in [0.1, 0.15) is 17.6 Å². The molecule has 1 heterocycles. The molecule has 0 N–H and O–H groups in total. The number of hydrogen-bond donors (Lipinski definition) is 0. The second-order valence-electron chi connectivity index (χ2n) is 3.11. The zero-order valence-electron chi connectivity index (χ0n) is 7.97. The molecule has 0 unspecified atom stereocenters. The standard InChI is InChI=1S/C10H11N3O/c1-2-8(14)7-13-11-9-5-3-4-6-10(9)12-13/h3-6H,2,7H2,1H3. The van der Waals surface area contributed by atoms with Crippen LogP contribution in [0.15, 0.2) is 24.3 Å². The van der Waals surface area contributed by atoms with Gasteiger partial charge in [0, 0.05) is 6.42 Å². The second kappa shape index (κ2) is 3.57. The van der Waals surface area contributed by atoms with E-state index in [1.807, 2.05) is 31.2 Å². The highest BCUT2D eigenvalue weighted by Crippen LogP contribution is 2.06. The predicted octanol–water partition coefficient (Wildman–Crippen LogP) is 1.41. The fourth-order valence-electron chi connectivity index (χ4n) is 1.24. The van der Waals surface area contributed by atoms with Crippen molar-refractivity contribution in [2.75, 3.05) is 0 Å². The lowest BCUT2D eigenvalue weighted by molar-refractivity contribution is -0.119. The summed E-state index contributed by atoms with van der Waals surface area (Å²) in [6.45, 7) is 2.11. The molecule has 0 fully saturated rings. The molecule has 4 heteroatoms. The highest BCUT2D eigenvalue weighted by Gasteiger charge is 2.04. The topological polar surface area (TPSA) is 47.8 Å². The van der Waals surface area contributed by atoms with Crippen molar-refractivity contribution in [3.05, 3.63) is 24.3 Å². The van der Waals surface area contributed by atoms with Crippen molar-refractivity contribution in [1.29, 1.82) is 0 Å². The largest absolute Gasteiger partial charge is 0.298 e. The lowest BCUT2D eigenvalue weighted by Gasteiger charge is -1.94. The van der Waals surface area contributed by atoms with Crippen LogP contribution in [0.2, 0.25) is 0 Å². The van der Waals surface area contributed by atoms with Gasteiger partial charge >= 0.3 is 0 Å². The summed E-state index contributed by atoms with van der Waals surface area (Å²) >= 11 is 0. The van der Waals surface area contributed by atoms with Crippen LogP contribution in [0.5, 0.6) is 0 Å². The molecule has 0 aliphatic heterocycles. The summed E-state index contributed by atoms with van der Waals surface area (Å²) in [5.41, 5.74) is 1.66. The zero-order chi connectivity index (χ0) is 9.97. The van der Waals surface area contributed by atoms with Gasteiger partial charge in [-0.25, -0.2) is 0 Å². The van der Waals surface area contributed by atoms with E-state index >= 15 is 0 Å². The Hall–Kier alpha value is -1.71. The van der Waals surface area contributed by atoms with E-state index in [1.54, 1.807) is 0 Å². The third-order valence-electron chi connectivity index (χ3n) is 2.04. The van der Waals surface area contributed by atoms with Gasteiger partial charge in [-0.2, -0.15) is 15.0 Å². The number of fused-ring (bicyclic) bond motifs is 1. The maximum absolute atomic E-state index is 11.2. The van der Waals surface area contributed by atoms with Gasteiger partial charge in [0.05, 0.1) is 0 Å². The summed E-state index contributed by atoms with van der Waals surface area (Å²) in [6.07, 6.45) is 0.526. The Morgan fingerprint density at radius 2 is 1.86 bits per heavy atom. The first kappa shape index (κ1) is 8.87. The number of nitrogens with zero attached hydrogens (tertiary/aromatic N) is 3. The lowest BCUT2D eigenvalue weighted by atomic mass is 10.3. The van der Waals surface area contributed by atoms with E-state index < -0.39 is 0 Å². The third-order valence-corrected chi connectivity index (χ3v) is 2.04. The highest BCUT2D eigenvalue weighted by atomic mass is 16.1. The van der Waals surface area contributed by atoms with Crippen LogP contribution in [0, 0.1) is 0 Å². The number of carbonyl (C=O) groups is 1. The van der Waals surface area contributed by atoms with Crippen LogP contribution in [0.4, 0.5) is 0 Å². The van der Waals surface area contributed by atoms with Gasteiger partial charge in [-0.1, -0.05) is 19.1 Å². The average Bonchev–Trinajstić information content (AvgIpc) is 2.59. The molecule has 1 aromatic heterocycles. The number of rotatable bonds is 3. The number of hydrogen-bond acceptors (Lipinski definition) is 3. The molecule has 2 rings (SSSR count). The van der Waals surface area contributed by atoms with Crippen molar-refractivity contribution in [2.45, 2.75) is 19.9 Å². The fraction of sp³-hybridized carbons (Fsp3) is 0.300. The molecule has 0 aliphatic rings. The first-order valence-electron chi connectivity index (χ1n) is 4.61. The van der Waals surface area contributed by atoms with E-state index in [0.717, 1.165) is 11.0 Å². The van der Waals surface area contributed by atoms with Crippen LogP contribution in [-0.4, -0.2) is 20.8 Å². The Morgan fingerprint density at radius 3 is 2.36 bits per heavy atom. The number of ketones is 1. The minimum atomic E-state index is 0.144. The molecule has 0 saturated carbocycles. The van der Waals surface area contributed by atoms with Crippen LogP contribution in [0.3, 0.4) is 0 Å². The minimum absolute atomic E-state index is 0.144. The van der Waals surface area contributed by atoms with Crippen molar-refractivity contribution in [2.24, 2.45) is 0 Å². The van der Waals surface area contributed by atoms with Crippen molar-refractivity contribution < 1.29 is 4.79 Å². The quantitative estimate of drug-likeness (QED) is 0.733. The summed E-state index contributed by atoms with van der Waals surface area (Å²) in [7, 11) is 0. The van der Waals surface area contributed by atoms with Gasteiger partial charge in [0.25, 0.3) is 0 Å². The van der Waals surface area contributed by atoms with Crippen LogP contribution >= 0.6 is 0 Å². The van der Waals surface area contributed by atoms with Crippen LogP contribution in [0.25, 0.3) is 11.0 Å². The van der Waals surface area contributed by atoms with E-state index in [0.29, 0.717) is 6.42 Å². The Bertz CT molecular complexity index is 428. The molecule has 0 bridgehead atoms. The van der Waals surface area contributed by atoms with Crippen molar-refractivity contribution in [3.8, 4) is 0 Å². The summed E-state index contributed by atoms with van der Waals surface area (Å²) in [5, 5.41) is 8.37. The van der Waals surface area contributed by atoms with Crippen molar-refractivity contribution in [3.63, 3.8) is 0 Å². The molecule has 0 radical (unpaired) electrons. The second-order valence-corrected chi connectivity index (χ2v) is 3.11. The van der Waals surface area contributed by atoms with E-state index in [4.69, 9.17) is 0 Å². The molecule has 0 spiro atoms. The molecule has 1 aromatic carbocycles. The van der Waals surface area contributed by atoms with Crippen LogP contribution in [-0.2, 0) is 11.3 Å². The molecular weight excluding hydrogens is 178 g/mol. The first-order chi connectivity index (χ1) is 6.79. The van der Waals surface area contributed by atoms with Crippen LogP contribution < -0.4 is 0 Å². The summed E-state index contributed by atoms with van der Waals surface area (Å²) < 4.78 is 0. The van der Waals surface area contributed by atoms with Crippen LogP contribution in [0.1, 0.15) is 13.3 Å². The van der Waals surface area contributed by atoms with E-state index in [-0.39, 0.29) is 12.3 Å². The molecule has 14 heavy (non-hydrogen) atoms. The maximum Gasteiger partial charge on any atom is 0.155 e. The monoisotopic (exact) mass is 189 g/mol. The molecule has 4 nitrogen and oxygen atoms in total. The van der Waals surface area contributed by atoms with E-state index in [9.17, 15) is 4.79 Å². The van der Waals surface area contributed by atoms with Crippen molar-refractivity contribution >= 4 is 16.8 Å². The normalized spacial score (nSPS) is 10.6. The Morgan fingerprint density at radius 1 is 1.29 bits per heavy atom. The van der Waals surface area contributed by atoms with Gasteiger partial charge < -0.3 is 0 Å².